The lowest BCUT2D eigenvalue weighted by atomic mass is 10.1. The van der Waals surface area contributed by atoms with Gasteiger partial charge in [-0.15, -0.1) is 0 Å². The Morgan fingerprint density at radius 3 is 2.74 bits per heavy atom. The highest BCUT2D eigenvalue weighted by Gasteiger charge is 2.16. The Morgan fingerprint density at radius 1 is 1.37 bits per heavy atom. The lowest BCUT2D eigenvalue weighted by Gasteiger charge is -2.29. The van der Waals surface area contributed by atoms with Gasteiger partial charge in [0.05, 0.1) is 11.1 Å². The van der Waals surface area contributed by atoms with E-state index in [9.17, 15) is 10.1 Å². The molecule has 0 aromatic heterocycles. The third kappa shape index (κ3) is 3.21. The zero-order valence-corrected chi connectivity index (χ0v) is 11.0. The number of nitro benzene ring substituents is 1. The van der Waals surface area contributed by atoms with E-state index in [1.54, 1.807) is 25.4 Å². The number of hydrogen-bond acceptors (Lipinski definition) is 5. The van der Waals surface area contributed by atoms with E-state index in [4.69, 9.17) is 0 Å². The van der Waals surface area contributed by atoms with Crippen molar-refractivity contribution < 1.29 is 4.92 Å². The van der Waals surface area contributed by atoms with E-state index in [0.29, 0.717) is 0 Å². The second-order valence-corrected chi connectivity index (χ2v) is 4.53. The molecule has 0 amide bonds. The molecule has 1 aromatic carbocycles. The van der Waals surface area contributed by atoms with Gasteiger partial charge in [-0.1, -0.05) is 0 Å². The average Bonchev–Trinajstić information content (AvgIpc) is 2.45. The Kier molecular flexibility index (Phi) is 4.33. The Bertz CT molecular complexity index is 482. The molecule has 1 aromatic rings. The minimum Gasteiger partial charge on any atom is -0.371 e. The van der Waals surface area contributed by atoms with Crippen LogP contribution in [0.3, 0.4) is 0 Å². The van der Waals surface area contributed by atoms with Gasteiger partial charge in [0.25, 0.3) is 5.69 Å². The number of piperidine rings is 1. The fraction of sp³-hybridized carbons (Fsp3) is 0.462. The van der Waals surface area contributed by atoms with Crippen LogP contribution in [0.2, 0.25) is 0 Å². The molecule has 1 heterocycles. The van der Waals surface area contributed by atoms with Crippen LogP contribution < -0.4 is 10.3 Å². The average molecular weight is 262 g/mol. The quantitative estimate of drug-likeness (QED) is 0.512. The highest BCUT2D eigenvalue weighted by Crippen LogP contribution is 2.26. The van der Waals surface area contributed by atoms with Crippen molar-refractivity contribution in [3.63, 3.8) is 0 Å². The highest BCUT2D eigenvalue weighted by molar-refractivity contribution is 5.89. The van der Waals surface area contributed by atoms with Gasteiger partial charge < -0.3 is 10.3 Å². The largest absolute Gasteiger partial charge is 0.371 e. The summed E-state index contributed by atoms with van der Waals surface area (Å²) in [6, 6.07) is 4.95. The molecular weight excluding hydrogens is 244 g/mol. The standard InChI is InChI=1S/C13H18N4O2/c1-14-15-10-11-9-12(17(18)19)5-6-13(11)16-7-3-2-4-8-16/h5-6,9-10,14H,2-4,7-8H2,1H3. The van der Waals surface area contributed by atoms with Crippen LogP contribution in [-0.4, -0.2) is 31.3 Å². The van der Waals surface area contributed by atoms with Crippen molar-refractivity contribution >= 4 is 17.6 Å². The molecule has 0 aliphatic carbocycles. The molecule has 6 heteroatoms. The second kappa shape index (κ2) is 6.17. The SMILES string of the molecule is CNN=Cc1cc([N+](=O)[O-])ccc1N1CCCCC1. The number of benzene rings is 1. The summed E-state index contributed by atoms with van der Waals surface area (Å²) in [6.07, 6.45) is 5.22. The number of nitro groups is 1. The van der Waals surface area contributed by atoms with Crippen LogP contribution in [0, 0.1) is 10.1 Å². The zero-order chi connectivity index (χ0) is 13.7. The van der Waals surface area contributed by atoms with Crippen LogP contribution in [0.1, 0.15) is 24.8 Å². The van der Waals surface area contributed by atoms with Gasteiger partial charge in [0.15, 0.2) is 0 Å². The molecule has 1 fully saturated rings. The number of nitrogens with zero attached hydrogens (tertiary/aromatic N) is 3. The first-order chi connectivity index (χ1) is 9.22. The van der Waals surface area contributed by atoms with E-state index < -0.39 is 0 Å². The third-order valence-electron chi connectivity index (χ3n) is 3.25. The Balaban J connectivity index is 2.34. The lowest BCUT2D eigenvalue weighted by molar-refractivity contribution is -0.384. The van der Waals surface area contributed by atoms with Gasteiger partial charge in [0.1, 0.15) is 0 Å². The summed E-state index contributed by atoms with van der Waals surface area (Å²) in [5.74, 6) is 0. The van der Waals surface area contributed by atoms with Gasteiger partial charge in [0, 0.05) is 43.5 Å². The fourth-order valence-corrected chi connectivity index (χ4v) is 2.32. The van der Waals surface area contributed by atoms with Gasteiger partial charge in [-0.05, 0) is 25.3 Å². The molecule has 0 unspecified atom stereocenters. The molecule has 0 atom stereocenters. The highest BCUT2D eigenvalue weighted by atomic mass is 16.6. The maximum atomic E-state index is 10.8. The predicted molar refractivity (Wildman–Crippen MR) is 75.8 cm³/mol. The summed E-state index contributed by atoms with van der Waals surface area (Å²) < 4.78 is 0. The predicted octanol–water partition coefficient (Wildman–Crippen LogP) is 2.14. The zero-order valence-electron chi connectivity index (χ0n) is 11.0. The maximum absolute atomic E-state index is 10.8. The van der Waals surface area contributed by atoms with Crippen LogP contribution in [0.15, 0.2) is 23.3 Å². The van der Waals surface area contributed by atoms with Crippen molar-refractivity contribution in [2.45, 2.75) is 19.3 Å². The molecule has 19 heavy (non-hydrogen) atoms. The van der Waals surface area contributed by atoms with E-state index in [2.05, 4.69) is 15.4 Å². The Hall–Kier alpha value is -2.11. The molecule has 0 radical (unpaired) electrons. The molecule has 6 nitrogen and oxygen atoms in total. The van der Waals surface area contributed by atoms with Crippen molar-refractivity contribution in [3.05, 3.63) is 33.9 Å². The van der Waals surface area contributed by atoms with Gasteiger partial charge in [-0.2, -0.15) is 5.10 Å². The van der Waals surface area contributed by atoms with Gasteiger partial charge in [-0.3, -0.25) is 10.1 Å². The first-order valence-corrected chi connectivity index (χ1v) is 6.45. The van der Waals surface area contributed by atoms with Crippen LogP contribution in [0.4, 0.5) is 11.4 Å². The van der Waals surface area contributed by atoms with E-state index in [0.717, 1.165) is 24.3 Å². The number of nitrogens with one attached hydrogen (secondary N) is 1. The molecule has 1 N–H and O–H groups in total. The smallest absolute Gasteiger partial charge is 0.270 e. The topological polar surface area (TPSA) is 70.8 Å². The minimum atomic E-state index is -0.378. The van der Waals surface area contributed by atoms with Crippen molar-refractivity contribution in [2.75, 3.05) is 25.0 Å². The second-order valence-electron chi connectivity index (χ2n) is 4.53. The number of non-ortho nitro benzene ring substituents is 1. The van der Waals surface area contributed by atoms with Crippen LogP contribution in [-0.2, 0) is 0 Å². The van der Waals surface area contributed by atoms with Crippen molar-refractivity contribution in [1.29, 1.82) is 0 Å². The molecule has 1 saturated heterocycles. The molecule has 1 aliphatic heterocycles. The minimum absolute atomic E-state index is 0.0957. The normalized spacial score (nSPS) is 15.7. The fourth-order valence-electron chi connectivity index (χ4n) is 2.32. The monoisotopic (exact) mass is 262 g/mol. The summed E-state index contributed by atoms with van der Waals surface area (Å²) >= 11 is 0. The van der Waals surface area contributed by atoms with Crippen LogP contribution in [0.25, 0.3) is 0 Å². The summed E-state index contributed by atoms with van der Waals surface area (Å²) in [7, 11) is 1.70. The number of anilines is 1. The lowest BCUT2D eigenvalue weighted by Crippen LogP contribution is -2.30. The third-order valence-corrected chi connectivity index (χ3v) is 3.25. The van der Waals surface area contributed by atoms with Crippen LogP contribution in [0.5, 0.6) is 0 Å². The molecule has 2 rings (SSSR count). The molecule has 0 saturated carbocycles. The summed E-state index contributed by atoms with van der Waals surface area (Å²) in [5, 5.41) is 14.8. The van der Waals surface area contributed by atoms with Gasteiger partial charge in [0.2, 0.25) is 0 Å². The first-order valence-electron chi connectivity index (χ1n) is 6.45. The van der Waals surface area contributed by atoms with Crippen molar-refractivity contribution in [3.8, 4) is 0 Å². The summed E-state index contributed by atoms with van der Waals surface area (Å²) in [4.78, 5) is 12.7. The molecule has 0 spiro atoms. The maximum Gasteiger partial charge on any atom is 0.270 e. The number of hydrazone groups is 1. The molecule has 1 aliphatic rings. The molecule has 0 bridgehead atoms. The van der Waals surface area contributed by atoms with E-state index in [1.165, 1.54) is 19.3 Å². The Labute approximate surface area is 112 Å². The first kappa shape index (κ1) is 13.3. The van der Waals surface area contributed by atoms with E-state index in [-0.39, 0.29) is 10.6 Å². The number of hydrogen-bond donors (Lipinski definition) is 1. The van der Waals surface area contributed by atoms with Crippen molar-refractivity contribution in [2.24, 2.45) is 5.10 Å². The number of rotatable bonds is 4. The molecule has 102 valence electrons. The summed E-state index contributed by atoms with van der Waals surface area (Å²) in [5.41, 5.74) is 4.57. The summed E-state index contributed by atoms with van der Waals surface area (Å²) in [6.45, 7) is 2.00. The van der Waals surface area contributed by atoms with E-state index in [1.807, 2.05) is 6.07 Å². The van der Waals surface area contributed by atoms with Crippen molar-refractivity contribution in [1.82, 2.24) is 5.43 Å². The van der Waals surface area contributed by atoms with Crippen LogP contribution >= 0.6 is 0 Å². The molecular formula is C13H18N4O2. The van der Waals surface area contributed by atoms with E-state index >= 15 is 0 Å². The van der Waals surface area contributed by atoms with Gasteiger partial charge >= 0.3 is 0 Å². The Morgan fingerprint density at radius 2 is 2.11 bits per heavy atom. The van der Waals surface area contributed by atoms with Gasteiger partial charge in [-0.25, -0.2) is 0 Å².